The molecule has 17 heavy (non-hydrogen) atoms. The van der Waals surface area contributed by atoms with Crippen LogP contribution in [0.4, 0.5) is 5.69 Å². The number of anilines is 1. The lowest BCUT2D eigenvalue weighted by molar-refractivity contribution is 0.765. The molecule has 0 heterocycles. The third-order valence-corrected chi connectivity index (χ3v) is 4.02. The Morgan fingerprint density at radius 2 is 2.24 bits per heavy atom. The Hall–Kier alpha value is -0.450. The van der Waals surface area contributed by atoms with E-state index >= 15 is 0 Å². The molecule has 1 aromatic rings. The molecule has 1 atom stereocenters. The third kappa shape index (κ3) is 3.50. The van der Waals surface area contributed by atoms with Crippen LogP contribution in [-0.4, -0.2) is 30.1 Å². The van der Waals surface area contributed by atoms with Crippen molar-refractivity contribution in [3.05, 3.63) is 28.8 Å². The maximum absolute atomic E-state index is 6.15. The molecule has 0 saturated carbocycles. The summed E-state index contributed by atoms with van der Waals surface area (Å²) in [5.41, 5.74) is 7.50. The highest BCUT2D eigenvalue weighted by atomic mass is 35.5. The molecule has 0 radical (unpaired) electrons. The number of hydrogen-bond donors (Lipinski definition) is 1. The highest BCUT2D eigenvalue weighted by Crippen LogP contribution is 2.28. The van der Waals surface area contributed by atoms with Crippen molar-refractivity contribution in [2.75, 3.05) is 24.0 Å². The van der Waals surface area contributed by atoms with Gasteiger partial charge in [-0.05, 0) is 25.3 Å². The molecule has 0 saturated heterocycles. The number of rotatable bonds is 5. The van der Waals surface area contributed by atoms with E-state index in [1.165, 1.54) is 0 Å². The van der Waals surface area contributed by atoms with Crippen LogP contribution in [0.2, 0.25) is 5.02 Å². The summed E-state index contributed by atoms with van der Waals surface area (Å²) in [6, 6.07) is 6.13. The van der Waals surface area contributed by atoms with Gasteiger partial charge in [0.25, 0.3) is 0 Å². The third-order valence-electron chi connectivity index (χ3n) is 2.69. The molecule has 0 aliphatic rings. The zero-order chi connectivity index (χ0) is 13.0. The number of nitrogens with zero attached hydrogens (tertiary/aromatic N) is 1. The van der Waals surface area contributed by atoms with E-state index < -0.39 is 0 Å². The number of nitrogens with two attached hydrogens (primary N) is 1. The molecule has 0 fully saturated rings. The van der Waals surface area contributed by atoms with Crippen LogP contribution in [0, 0.1) is 0 Å². The van der Waals surface area contributed by atoms with Gasteiger partial charge in [-0.25, -0.2) is 0 Å². The number of thiocarbonyl (C=S) groups is 1. The molecule has 2 N–H and O–H groups in total. The lowest BCUT2D eigenvalue weighted by Gasteiger charge is -2.28. The summed E-state index contributed by atoms with van der Waals surface area (Å²) in [6.07, 6.45) is 2.09. The maximum Gasteiger partial charge on any atom is 0.107 e. The van der Waals surface area contributed by atoms with Crippen LogP contribution in [0.3, 0.4) is 0 Å². The molecule has 0 bridgehead atoms. The van der Waals surface area contributed by atoms with Crippen LogP contribution >= 0.6 is 35.6 Å². The first kappa shape index (κ1) is 14.6. The van der Waals surface area contributed by atoms with E-state index in [-0.39, 0.29) is 0 Å². The van der Waals surface area contributed by atoms with Crippen molar-refractivity contribution in [3.8, 4) is 0 Å². The van der Waals surface area contributed by atoms with Crippen LogP contribution in [0.5, 0.6) is 0 Å². The molecule has 0 aliphatic heterocycles. The van der Waals surface area contributed by atoms with Gasteiger partial charge in [0.2, 0.25) is 0 Å². The average molecular weight is 289 g/mol. The average Bonchev–Trinajstić information content (AvgIpc) is 2.27. The molecule has 1 unspecified atom stereocenters. The summed E-state index contributed by atoms with van der Waals surface area (Å²) in [7, 11) is 2.04. The van der Waals surface area contributed by atoms with E-state index in [1.54, 1.807) is 0 Å². The van der Waals surface area contributed by atoms with E-state index in [9.17, 15) is 0 Å². The molecule has 2 nitrogen and oxygen atoms in total. The first-order valence-corrected chi connectivity index (χ1v) is 7.47. The molecule has 94 valence electrons. The minimum Gasteiger partial charge on any atom is -0.389 e. The van der Waals surface area contributed by atoms with E-state index in [1.807, 2.05) is 37.0 Å². The Balaban J connectivity index is 3.13. The first-order valence-electron chi connectivity index (χ1n) is 5.29. The number of hydrogen-bond acceptors (Lipinski definition) is 3. The second-order valence-electron chi connectivity index (χ2n) is 3.91. The quantitative estimate of drug-likeness (QED) is 0.843. The Morgan fingerprint density at radius 3 is 2.76 bits per heavy atom. The monoisotopic (exact) mass is 288 g/mol. The molecule has 0 aliphatic carbocycles. The van der Waals surface area contributed by atoms with Gasteiger partial charge in [0.15, 0.2) is 0 Å². The largest absolute Gasteiger partial charge is 0.389 e. The predicted octanol–water partition coefficient (Wildman–Crippen LogP) is 3.16. The van der Waals surface area contributed by atoms with Gasteiger partial charge in [-0.15, -0.1) is 0 Å². The fourth-order valence-corrected chi connectivity index (χ4v) is 2.89. The van der Waals surface area contributed by atoms with Gasteiger partial charge in [-0.1, -0.05) is 29.9 Å². The van der Waals surface area contributed by atoms with Crippen molar-refractivity contribution < 1.29 is 0 Å². The van der Waals surface area contributed by atoms with Gasteiger partial charge >= 0.3 is 0 Å². The zero-order valence-corrected chi connectivity index (χ0v) is 12.6. The normalized spacial score (nSPS) is 12.2. The van der Waals surface area contributed by atoms with Crippen LogP contribution in [0.15, 0.2) is 18.2 Å². The van der Waals surface area contributed by atoms with Crippen LogP contribution in [0.25, 0.3) is 0 Å². The van der Waals surface area contributed by atoms with Gasteiger partial charge in [0, 0.05) is 24.5 Å². The molecule has 0 aromatic heterocycles. The zero-order valence-electron chi connectivity index (χ0n) is 10.2. The van der Waals surface area contributed by atoms with E-state index in [0.29, 0.717) is 16.1 Å². The minimum atomic E-state index is 0.341. The summed E-state index contributed by atoms with van der Waals surface area (Å²) >= 11 is 13.0. The van der Waals surface area contributed by atoms with E-state index in [2.05, 4.69) is 18.1 Å². The van der Waals surface area contributed by atoms with Gasteiger partial charge in [-0.3, -0.25) is 0 Å². The summed E-state index contributed by atoms with van der Waals surface area (Å²) in [4.78, 5) is 2.51. The summed E-state index contributed by atoms with van der Waals surface area (Å²) in [5.74, 6) is 1.04. The Morgan fingerprint density at radius 1 is 1.59 bits per heavy atom. The summed E-state index contributed by atoms with van der Waals surface area (Å²) in [5, 5.41) is 0.609. The number of thioether (sulfide) groups is 1. The molecule has 5 heteroatoms. The predicted molar refractivity (Wildman–Crippen MR) is 83.6 cm³/mol. The number of benzene rings is 1. The summed E-state index contributed by atoms with van der Waals surface area (Å²) < 4.78 is 0. The van der Waals surface area contributed by atoms with Crippen molar-refractivity contribution in [1.29, 1.82) is 0 Å². The van der Waals surface area contributed by atoms with Gasteiger partial charge in [0.1, 0.15) is 4.99 Å². The maximum atomic E-state index is 6.15. The smallest absolute Gasteiger partial charge is 0.107 e. The molecule has 0 spiro atoms. The molecule has 1 rings (SSSR count). The minimum absolute atomic E-state index is 0.341. The Labute approximate surface area is 118 Å². The second kappa shape index (κ2) is 6.47. The molecule has 1 aromatic carbocycles. The first-order chi connectivity index (χ1) is 7.99. The van der Waals surface area contributed by atoms with Gasteiger partial charge < -0.3 is 10.6 Å². The standard InChI is InChI=1S/C12H17ClN2S2/c1-8(7-17-3)15(2)10-6-4-5-9(13)11(10)12(14)16/h4-6,8H,7H2,1-3H3,(H2,14,16). The molecular formula is C12H17ClN2S2. The fourth-order valence-electron chi connectivity index (χ4n) is 1.64. The summed E-state index contributed by atoms with van der Waals surface area (Å²) in [6.45, 7) is 2.17. The fraction of sp³-hybridized carbons (Fsp3) is 0.417. The van der Waals surface area contributed by atoms with Crippen molar-refractivity contribution >= 4 is 46.3 Å². The van der Waals surface area contributed by atoms with Crippen LogP contribution in [-0.2, 0) is 0 Å². The highest BCUT2D eigenvalue weighted by molar-refractivity contribution is 7.98. The van der Waals surface area contributed by atoms with Crippen molar-refractivity contribution in [2.24, 2.45) is 5.73 Å². The Kier molecular flexibility index (Phi) is 5.56. The molecule has 0 amide bonds. The van der Waals surface area contributed by atoms with Crippen molar-refractivity contribution in [3.63, 3.8) is 0 Å². The van der Waals surface area contributed by atoms with Crippen LogP contribution in [0.1, 0.15) is 12.5 Å². The lowest BCUT2D eigenvalue weighted by Crippen LogP contribution is -2.32. The van der Waals surface area contributed by atoms with E-state index in [4.69, 9.17) is 29.6 Å². The topological polar surface area (TPSA) is 29.3 Å². The van der Waals surface area contributed by atoms with Crippen LogP contribution < -0.4 is 10.6 Å². The van der Waals surface area contributed by atoms with Gasteiger partial charge in [0.05, 0.1) is 10.6 Å². The van der Waals surface area contributed by atoms with E-state index in [0.717, 1.165) is 17.0 Å². The lowest BCUT2D eigenvalue weighted by atomic mass is 10.1. The highest BCUT2D eigenvalue weighted by Gasteiger charge is 2.16. The SMILES string of the molecule is CSCC(C)N(C)c1cccc(Cl)c1C(N)=S. The Bertz CT molecular complexity index is 409. The van der Waals surface area contributed by atoms with Crippen molar-refractivity contribution in [1.82, 2.24) is 0 Å². The van der Waals surface area contributed by atoms with Gasteiger partial charge in [-0.2, -0.15) is 11.8 Å². The van der Waals surface area contributed by atoms with Crippen molar-refractivity contribution in [2.45, 2.75) is 13.0 Å². The second-order valence-corrected chi connectivity index (χ2v) is 5.67. The number of halogens is 1. The molecular weight excluding hydrogens is 272 g/mol.